The van der Waals surface area contributed by atoms with Crippen LogP contribution in [0, 0.1) is 5.41 Å². The summed E-state index contributed by atoms with van der Waals surface area (Å²) >= 11 is 0. The third-order valence-electron chi connectivity index (χ3n) is 1.37. The molecule has 3 heteroatoms. The molecule has 0 bridgehead atoms. The minimum Gasteiger partial charge on any atom is -0.313 e. The molecule has 0 aliphatic carbocycles. The molecule has 11 heavy (non-hydrogen) atoms. The molecule has 1 aromatic heterocycles. The molecule has 0 aliphatic heterocycles. The number of hydrogen-bond acceptors (Lipinski definition) is 1. The zero-order chi connectivity index (χ0) is 8.48. The maximum absolute atomic E-state index is 11.0. The largest absolute Gasteiger partial charge is 0.325 e. The van der Waals surface area contributed by atoms with E-state index >= 15 is 0 Å². The van der Waals surface area contributed by atoms with Crippen molar-refractivity contribution in [3.05, 3.63) is 22.9 Å². The summed E-state index contributed by atoms with van der Waals surface area (Å²) in [5.74, 6) is 0. The van der Waals surface area contributed by atoms with E-state index in [-0.39, 0.29) is 11.1 Å². The summed E-state index contributed by atoms with van der Waals surface area (Å²) in [6.45, 7) is 7.07. The highest BCUT2D eigenvalue weighted by molar-refractivity contribution is 4.78. The Bertz CT molecular complexity index is 277. The summed E-state index contributed by atoms with van der Waals surface area (Å²) in [6, 6.07) is 0. The summed E-state index contributed by atoms with van der Waals surface area (Å²) in [5, 5.41) is 0. The lowest BCUT2D eigenvalue weighted by Gasteiger charge is -2.17. The van der Waals surface area contributed by atoms with Crippen LogP contribution in [0.5, 0.6) is 0 Å². The first kappa shape index (κ1) is 8.11. The number of nitrogens with one attached hydrogen (secondary N) is 1. The van der Waals surface area contributed by atoms with Crippen molar-refractivity contribution in [1.82, 2.24) is 9.55 Å². The van der Waals surface area contributed by atoms with Crippen molar-refractivity contribution in [2.45, 2.75) is 27.3 Å². The van der Waals surface area contributed by atoms with E-state index in [1.165, 1.54) is 0 Å². The summed E-state index contributed by atoms with van der Waals surface area (Å²) < 4.78 is 1.68. The summed E-state index contributed by atoms with van der Waals surface area (Å²) in [7, 11) is 0. The SMILES string of the molecule is CC(C)(C)Cn1cc[nH]c1=O. The van der Waals surface area contributed by atoms with Gasteiger partial charge in [0.15, 0.2) is 0 Å². The molecule has 0 spiro atoms. The molecule has 1 N–H and O–H groups in total. The van der Waals surface area contributed by atoms with Gasteiger partial charge in [0.05, 0.1) is 0 Å². The van der Waals surface area contributed by atoms with Gasteiger partial charge in [0.2, 0.25) is 0 Å². The average molecular weight is 154 g/mol. The second-order valence-electron chi connectivity index (χ2n) is 3.95. The smallest absolute Gasteiger partial charge is 0.313 e. The second kappa shape index (κ2) is 2.57. The molecule has 3 nitrogen and oxygen atoms in total. The molecule has 0 fully saturated rings. The Morgan fingerprint density at radius 2 is 2.18 bits per heavy atom. The van der Waals surface area contributed by atoms with Crippen molar-refractivity contribution in [3.8, 4) is 0 Å². The minimum atomic E-state index is -0.0278. The van der Waals surface area contributed by atoms with E-state index in [2.05, 4.69) is 25.8 Å². The van der Waals surface area contributed by atoms with Crippen molar-refractivity contribution >= 4 is 0 Å². The quantitative estimate of drug-likeness (QED) is 0.649. The Hall–Kier alpha value is -0.990. The molecule has 0 saturated carbocycles. The van der Waals surface area contributed by atoms with E-state index in [9.17, 15) is 4.79 Å². The van der Waals surface area contributed by atoms with Crippen molar-refractivity contribution in [2.75, 3.05) is 0 Å². The number of H-pyrrole nitrogens is 1. The summed E-state index contributed by atoms with van der Waals surface area (Å²) in [5.41, 5.74) is 0.131. The molecule has 0 unspecified atom stereocenters. The van der Waals surface area contributed by atoms with Crippen LogP contribution in [0.1, 0.15) is 20.8 Å². The van der Waals surface area contributed by atoms with Gasteiger partial charge in [-0.3, -0.25) is 4.57 Å². The minimum absolute atomic E-state index is 0.0278. The number of hydrogen-bond donors (Lipinski definition) is 1. The van der Waals surface area contributed by atoms with Crippen LogP contribution in [0.25, 0.3) is 0 Å². The van der Waals surface area contributed by atoms with Gasteiger partial charge in [-0.2, -0.15) is 0 Å². The molecule has 0 radical (unpaired) electrons. The standard InChI is InChI=1S/C8H14N2O/c1-8(2,3)6-10-5-4-9-7(10)11/h4-5H,6H2,1-3H3,(H,9,11). The molecule has 1 rings (SSSR count). The van der Waals surface area contributed by atoms with Crippen LogP contribution in [-0.4, -0.2) is 9.55 Å². The Labute approximate surface area is 66.1 Å². The zero-order valence-corrected chi connectivity index (χ0v) is 7.22. The van der Waals surface area contributed by atoms with Gasteiger partial charge in [-0.15, -0.1) is 0 Å². The third kappa shape index (κ3) is 2.26. The van der Waals surface area contributed by atoms with Gasteiger partial charge in [-0.25, -0.2) is 4.79 Å². The fourth-order valence-corrected chi connectivity index (χ4v) is 0.985. The lowest BCUT2D eigenvalue weighted by Crippen LogP contribution is -2.24. The number of nitrogens with zero attached hydrogens (tertiary/aromatic N) is 1. The number of aromatic amines is 1. The number of rotatable bonds is 1. The Morgan fingerprint density at radius 1 is 1.55 bits per heavy atom. The van der Waals surface area contributed by atoms with Gasteiger partial charge in [0, 0.05) is 18.9 Å². The van der Waals surface area contributed by atoms with E-state index in [1.807, 2.05) is 0 Å². The summed E-state index contributed by atoms with van der Waals surface area (Å²) in [6.07, 6.45) is 3.43. The van der Waals surface area contributed by atoms with Gasteiger partial charge in [-0.1, -0.05) is 20.8 Å². The van der Waals surface area contributed by atoms with Crippen LogP contribution < -0.4 is 5.69 Å². The highest BCUT2D eigenvalue weighted by atomic mass is 16.1. The molecule has 1 aromatic rings. The van der Waals surface area contributed by atoms with Crippen molar-refractivity contribution in [3.63, 3.8) is 0 Å². The Kier molecular flexibility index (Phi) is 1.89. The van der Waals surface area contributed by atoms with E-state index in [1.54, 1.807) is 17.0 Å². The molecule has 0 aliphatic rings. The monoisotopic (exact) mass is 154 g/mol. The van der Waals surface area contributed by atoms with Crippen LogP contribution >= 0.6 is 0 Å². The molecule has 0 amide bonds. The fraction of sp³-hybridized carbons (Fsp3) is 0.625. The lowest BCUT2D eigenvalue weighted by atomic mass is 9.97. The fourth-order valence-electron chi connectivity index (χ4n) is 0.985. The normalized spacial score (nSPS) is 11.9. The molecule has 0 aromatic carbocycles. The Morgan fingerprint density at radius 3 is 2.55 bits per heavy atom. The third-order valence-corrected chi connectivity index (χ3v) is 1.37. The highest BCUT2D eigenvalue weighted by Crippen LogP contribution is 2.14. The van der Waals surface area contributed by atoms with Crippen LogP contribution in [0.2, 0.25) is 0 Å². The van der Waals surface area contributed by atoms with Crippen LogP contribution in [0.3, 0.4) is 0 Å². The van der Waals surface area contributed by atoms with Crippen molar-refractivity contribution < 1.29 is 0 Å². The molecule has 0 atom stereocenters. The van der Waals surface area contributed by atoms with Crippen LogP contribution in [-0.2, 0) is 6.54 Å². The van der Waals surface area contributed by atoms with Gasteiger partial charge < -0.3 is 4.98 Å². The van der Waals surface area contributed by atoms with Crippen LogP contribution in [0.15, 0.2) is 17.2 Å². The van der Waals surface area contributed by atoms with Gasteiger partial charge >= 0.3 is 5.69 Å². The molecule has 62 valence electrons. The van der Waals surface area contributed by atoms with E-state index in [0.717, 1.165) is 6.54 Å². The first-order valence-electron chi connectivity index (χ1n) is 3.73. The van der Waals surface area contributed by atoms with E-state index in [0.29, 0.717) is 0 Å². The summed E-state index contributed by atoms with van der Waals surface area (Å²) in [4.78, 5) is 13.6. The maximum Gasteiger partial charge on any atom is 0.325 e. The molecular formula is C8H14N2O. The predicted octanol–water partition coefficient (Wildman–Crippen LogP) is 1.22. The Balaban J connectivity index is 2.80. The van der Waals surface area contributed by atoms with Crippen molar-refractivity contribution in [2.24, 2.45) is 5.41 Å². The molecule has 1 heterocycles. The zero-order valence-electron chi connectivity index (χ0n) is 7.22. The lowest BCUT2D eigenvalue weighted by molar-refractivity contribution is 0.339. The van der Waals surface area contributed by atoms with Gasteiger partial charge in [0.25, 0.3) is 0 Å². The van der Waals surface area contributed by atoms with Gasteiger partial charge in [-0.05, 0) is 5.41 Å². The predicted molar refractivity (Wildman–Crippen MR) is 44.5 cm³/mol. The highest BCUT2D eigenvalue weighted by Gasteiger charge is 2.11. The second-order valence-corrected chi connectivity index (χ2v) is 3.95. The first-order chi connectivity index (χ1) is 4.99. The topological polar surface area (TPSA) is 37.8 Å². The van der Waals surface area contributed by atoms with Crippen LogP contribution in [0.4, 0.5) is 0 Å². The molecule has 0 saturated heterocycles. The van der Waals surface area contributed by atoms with E-state index in [4.69, 9.17) is 0 Å². The first-order valence-corrected chi connectivity index (χ1v) is 3.73. The average Bonchev–Trinajstić information content (AvgIpc) is 2.12. The number of imidazole rings is 1. The maximum atomic E-state index is 11.0. The van der Waals surface area contributed by atoms with Gasteiger partial charge in [0.1, 0.15) is 0 Å². The number of aromatic nitrogens is 2. The molecular weight excluding hydrogens is 140 g/mol. The van der Waals surface area contributed by atoms with E-state index < -0.39 is 0 Å². The van der Waals surface area contributed by atoms with Crippen molar-refractivity contribution in [1.29, 1.82) is 0 Å².